The first-order valence-electron chi connectivity index (χ1n) is 9.03. The van der Waals surface area contributed by atoms with Gasteiger partial charge < -0.3 is 19.1 Å². The van der Waals surface area contributed by atoms with Gasteiger partial charge in [0, 0.05) is 19.5 Å². The van der Waals surface area contributed by atoms with Gasteiger partial charge in [-0.2, -0.15) is 0 Å². The van der Waals surface area contributed by atoms with Crippen LogP contribution in [0.25, 0.3) is 0 Å². The molecule has 1 rings (SSSR count). The number of amides is 1. The van der Waals surface area contributed by atoms with Crippen molar-refractivity contribution >= 4 is 11.9 Å². The van der Waals surface area contributed by atoms with Crippen LogP contribution >= 0.6 is 0 Å². The molecular formula is C20H31NO5. The van der Waals surface area contributed by atoms with E-state index in [1.54, 1.807) is 26.0 Å². The van der Waals surface area contributed by atoms with E-state index < -0.39 is 0 Å². The Morgan fingerprint density at radius 3 is 2.38 bits per heavy atom. The van der Waals surface area contributed by atoms with E-state index in [1.807, 2.05) is 18.2 Å². The molecule has 1 unspecified atom stereocenters. The number of ether oxygens (including phenoxy) is 3. The standard InChI is InChI=1S/C20H31NO5/c1-6-7-12-21(14-15(2)20(23)26-5)19(22)11-9-16-8-10-17(24-3)18(13-16)25-4/h8,10,13,15H,6-7,9,11-12,14H2,1-5H3. The van der Waals surface area contributed by atoms with Gasteiger partial charge in [-0.1, -0.05) is 26.3 Å². The van der Waals surface area contributed by atoms with Crippen LogP contribution < -0.4 is 9.47 Å². The molecule has 0 heterocycles. The third-order valence-corrected chi connectivity index (χ3v) is 4.31. The fraction of sp³-hybridized carbons (Fsp3) is 0.600. The summed E-state index contributed by atoms with van der Waals surface area (Å²) in [5.74, 6) is 0.740. The number of nitrogens with zero attached hydrogens (tertiary/aromatic N) is 1. The molecule has 0 saturated carbocycles. The molecule has 146 valence electrons. The second-order valence-corrected chi connectivity index (χ2v) is 6.31. The van der Waals surface area contributed by atoms with Crippen molar-refractivity contribution in [3.8, 4) is 11.5 Å². The van der Waals surface area contributed by atoms with Crippen LogP contribution in [0, 0.1) is 5.92 Å². The Kier molecular flexibility index (Phi) is 9.55. The third-order valence-electron chi connectivity index (χ3n) is 4.31. The Balaban J connectivity index is 2.72. The molecule has 0 N–H and O–H groups in total. The molecule has 0 aliphatic carbocycles. The van der Waals surface area contributed by atoms with Gasteiger partial charge in [0.2, 0.25) is 5.91 Å². The van der Waals surface area contributed by atoms with Crippen molar-refractivity contribution in [2.75, 3.05) is 34.4 Å². The van der Waals surface area contributed by atoms with E-state index in [0.29, 0.717) is 37.4 Å². The van der Waals surface area contributed by atoms with E-state index in [1.165, 1.54) is 7.11 Å². The van der Waals surface area contributed by atoms with Gasteiger partial charge >= 0.3 is 5.97 Å². The fourth-order valence-corrected chi connectivity index (χ4v) is 2.72. The Bertz CT molecular complexity index is 588. The number of benzene rings is 1. The lowest BCUT2D eigenvalue weighted by molar-refractivity contribution is -0.146. The molecule has 0 spiro atoms. The molecule has 0 radical (unpaired) electrons. The summed E-state index contributed by atoms with van der Waals surface area (Å²) >= 11 is 0. The monoisotopic (exact) mass is 365 g/mol. The van der Waals surface area contributed by atoms with Crippen molar-refractivity contribution in [3.63, 3.8) is 0 Å². The molecule has 1 aromatic rings. The summed E-state index contributed by atoms with van der Waals surface area (Å²) in [4.78, 5) is 26.1. The summed E-state index contributed by atoms with van der Waals surface area (Å²) in [5.41, 5.74) is 1.01. The fourth-order valence-electron chi connectivity index (χ4n) is 2.72. The highest BCUT2D eigenvalue weighted by atomic mass is 16.5. The average Bonchev–Trinajstić information content (AvgIpc) is 2.67. The Morgan fingerprint density at radius 2 is 1.81 bits per heavy atom. The first kappa shape index (κ1) is 21.8. The van der Waals surface area contributed by atoms with Crippen molar-refractivity contribution in [2.24, 2.45) is 5.92 Å². The number of unbranched alkanes of at least 4 members (excludes halogenated alkanes) is 1. The number of carbonyl (C=O) groups excluding carboxylic acids is 2. The van der Waals surface area contributed by atoms with E-state index in [2.05, 4.69) is 6.92 Å². The summed E-state index contributed by atoms with van der Waals surface area (Å²) in [6.07, 6.45) is 2.89. The van der Waals surface area contributed by atoms with Crippen LogP contribution in [0.4, 0.5) is 0 Å². The van der Waals surface area contributed by atoms with Crippen molar-refractivity contribution in [2.45, 2.75) is 39.5 Å². The predicted molar refractivity (Wildman–Crippen MR) is 101 cm³/mol. The topological polar surface area (TPSA) is 65.1 Å². The summed E-state index contributed by atoms with van der Waals surface area (Å²) in [7, 11) is 4.55. The minimum absolute atomic E-state index is 0.0454. The van der Waals surface area contributed by atoms with E-state index in [9.17, 15) is 9.59 Å². The zero-order chi connectivity index (χ0) is 19.5. The Hall–Kier alpha value is -2.24. The van der Waals surface area contributed by atoms with Gasteiger partial charge in [-0.05, 0) is 30.5 Å². The highest BCUT2D eigenvalue weighted by Gasteiger charge is 2.21. The van der Waals surface area contributed by atoms with Crippen LogP contribution in [0.2, 0.25) is 0 Å². The molecule has 0 fully saturated rings. The van der Waals surface area contributed by atoms with Crippen LogP contribution in [-0.2, 0) is 20.7 Å². The molecule has 0 saturated heterocycles. The molecule has 0 aromatic heterocycles. The number of esters is 1. The predicted octanol–water partition coefficient (Wildman–Crippen LogP) is 3.07. The number of aryl methyl sites for hydroxylation is 1. The Morgan fingerprint density at radius 1 is 1.12 bits per heavy atom. The van der Waals surface area contributed by atoms with Crippen molar-refractivity contribution < 1.29 is 23.8 Å². The lowest BCUT2D eigenvalue weighted by atomic mass is 10.1. The van der Waals surface area contributed by atoms with Gasteiger partial charge in [0.15, 0.2) is 11.5 Å². The molecule has 0 aliphatic heterocycles. The molecular weight excluding hydrogens is 334 g/mol. The zero-order valence-corrected chi connectivity index (χ0v) is 16.5. The molecule has 0 bridgehead atoms. The number of hydrogen-bond acceptors (Lipinski definition) is 5. The molecule has 1 aromatic carbocycles. The van der Waals surface area contributed by atoms with Crippen LogP contribution in [0.1, 0.15) is 38.7 Å². The second kappa shape index (κ2) is 11.4. The second-order valence-electron chi connectivity index (χ2n) is 6.31. The molecule has 1 amide bonds. The average molecular weight is 365 g/mol. The zero-order valence-electron chi connectivity index (χ0n) is 16.5. The lowest BCUT2D eigenvalue weighted by Gasteiger charge is -2.25. The summed E-state index contributed by atoms with van der Waals surface area (Å²) in [6.45, 7) is 4.91. The quantitative estimate of drug-likeness (QED) is 0.564. The number of hydrogen-bond donors (Lipinski definition) is 0. The molecule has 6 nitrogen and oxygen atoms in total. The summed E-state index contributed by atoms with van der Waals surface area (Å²) in [6, 6.07) is 5.66. The largest absolute Gasteiger partial charge is 0.493 e. The van der Waals surface area contributed by atoms with Crippen LogP contribution in [-0.4, -0.2) is 51.2 Å². The molecule has 1 atom stereocenters. The van der Waals surface area contributed by atoms with Crippen molar-refractivity contribution in [3.05, 3.63) is 23.8 Å². The van der Waals surface area contributed by atoms with Gasteiger partial charge in [-0.25, -0.2) is 0 Å². The van der Waals surface area contributed by atoms with E-state index in [-0.39, 0.29) is 17.8 Å². The molecule has 6 heteroatoms. The van der Waals surface area contributed by atoms with Crippen LogP contribution in [0.15, 0.2) is 18.2 Å². The first-order valence-corrected chi connectivity index (χ1v) is 9.03. The van der Waals surface area contributed by atoms with E-state index in [4.69, 9.17) is 14.2 Å². The SMILES string of the molecule is CCCCN(CC(C)C(=O)OC)C(=O)CCc1ccc(OC)c(OC)c1. The minimum atomic E-state index is -0.332. The minimum Gasteiger partial charge on any atom is -0.493 e. The van der Waals surface area contributed by atoms with Crippen LogP contribution in [0.5, 0.6) is 11.5 Å². The maximum absolute atomic E-state index is 12.7. The number of methoxy groups -OCH3 is 3. The van der Waals surface area contributed by atoms with Gasteiger partial charge in [0.25, 0.3) is 0 Å². The molecule has 26 heavy (non-hydrogen) atoms. The smallest absolute Gasteiger partial charge is 0.310 e. The van der Waals surface area contributed by atoms with Gasteiger partial charge in [0.05, 0.1) is 27.2 Å². The first-order chi connectivity index (χ1) is 12.5. The van der Waals surface area contributed by atoms with E-state index in [0.717, 1.165) is 18.4 Å². The van der Waals surface area contributed by atoms with Crippen LogP contribution in [0.3, 0.4) is 0 Å². The number of carbonyl (C=O) groups is 2. The van der Waals surface area contributed by atoms with Gasteiger partial charge in [-0.15, -0.1) is 0 Å². The highest BCUT2D eigenvalue weighted by molar-refractivity contribution is 5.78. The Labute approximate surface area is 156 Å². The van der Waals surface area contributed by atoms with Gasteiger partial charge in [0.1, 0.15) is 0 Å². The van der Waals surface area contributed by atoms with Crippen molar-refractivity contribution in [1.29, 1.82) is 0 Å². The summed E-state index contributed by atoms with van der Waals surface area (Å²) < 4.78 is 15.3. The molecule has 0 aliphatic rings. The highest BCUT2D eigenvalue weighted by Crippen LogP contribution is 2.28. The van der Waals surface area contributed by atoms with Crippen molar-refractivity contribution in [1.82, 2.24) is 4.90 Å². The summed E-state index contributed by atoms with van der Waals surface area (Å²) in [5, 5.41) is 0. The van der Waals surface area contributed by atoms with E-state index >= 15 is 0 Å². The third kappa shape index (κ3) is 6.58. The lowest BCUT2D eigenvalue weighted by Crippen LogP contribution is -2.38. The maximum atomic E-state index is 12.7. The normalized spacial score (nSPS) is 11.6. The number of rotatable bonds is 11. The van der Waals surface area contributed by atoms with Gasteiger partial charge in [-0.3, -0.25) is 9.59 Å². The maximum Gasteiger partial charge on any atom is 0.310 e.